The number of fused-ring (bicyclic) bond motifs is 3. The molecule has 1 aliphatic heterocycles. The zero-order valence-electron chi connectivity index (χ0n) is 16.8. The lowest BCUT2D eigenvalue weighted by molar-refractivity contribution is -0.120. The standard InChI is InChI=1S/C21H19FN6O3/c1-10-14-15(10)17(21(30)28(2)18-16(14)23-7-8-24-18)25-19(29)20-27-26-13(31-20)9-11-3-5-12(22)6-4-11/h3-8,10,14-15,17H,9H2,1-2H3,(H,25,29)/t10-,14?,15?,17-/m0/s1. The highest BCUT2D eigenvalue weighted by molar-refractivity contribution is 6.02. The summed E-state index contributed by atoms with van der Waals surface area (Å²) in [4.78, 5) is 36.0. The number of nitrogens with one attached hydrogen (secondary N) is 1. The molecule has 0 radical (unpaired) electrons. The highest BCUT2D eigenvalue weighted by Gasteiger charge is 2.59. The van der Waals surface area contributed by atoms with Gasteiger partial charge in [-0.3, -0.25) is 19.5 Å². The van der Waals surface area contributed by atoms with Gasteiger partial charge in [0.25, 0.3) is 5.91 Å². The number of carbonyl (C=O) groups is 2. The summed E-state index contributed by atoms with van der Waals surface area (Å²) in [7, 11) is 1.62. The second kappa shape index (κ2) is 7.22. The molecule has 2 amide bonds. The number of rotatable bonds is 4. The average molecular weight is 422 g/mol. The Morgan fingerprint density at radius 1 is 1.19 bits per heavy atom. The Labute approximate surface area is 176 Å². The smallest absolute Gasteiger partial charge is 0.309 e. The number of aromatic nitrogens is 4. The lowest BCUT2D eigenvalue weighted by Gasteiger charge is -2.22. The van der Waals surface area contributed by atoms with E-state index in [-0.39, 0.29) is 47.7 Å². The summed E-state index contributed by atoms with van der Waals surface area (Å²) in [5.41, 5.74) is 1.54. The summed E-state index contributed by atoms with van der Waals surface area (Å²) >= 11 is 0. The molecule has 5 rings (SSSR count). The first-order valence-electron chi connectivity index (χ1n) is 9.90. The van der Waals surface area contributed by atoms with E-state index in [1.54, 1.807) is 31.6 Å². The Morgan fingerprint density at radius 3 is 2.71 bits per heavy atom. The molecule has 158 valence electrons. The van der Waals surface area contributed by atoms with Crippen molar-refractivity contribution in [2.45, 2.75) is 25.3 Å². The molecule has 2 aliphatic rings. The van der Waals surface area contributed by atoms with Crippen molar-refractivity contribution in [2.75, 3.05) is 11.9 Å². The summed E-state index contributed by atoms with van der Waals surface area (Å²) in [6.07, 6.45) is 3.42. The molecule has 1 aromatic carbocycles. The fraction of sp³-hybridized carbons (Fsp3) is 0.333. The van der Waals surface area contributed by atoms with Crippen molar-refractivity contribution in [3.8, 4) is 0 Å². The van der Waals surface area contributed by atoms with Gasteiger partial charge in [-0.2, -0.15) is 0 Å². The van der Waals surface area contributed by atoms with Crippen LogP contribution in [0.2, 0.25) is 0 Å². The number of benzene rings is 1. The molecule has 3 aromatic rings. The third-order valence-corrected chi connectivity index (χ3v) is 5.98. The highest BCUT2D eigenvalue weighted by Crippen LogP contribution is 2.58. The molecule has 9 nitrogen and oxygen atoms in total. The van der Waals surface area contributed by atoms with E-state index in [0.717, 1.165) is 11.3 Å². The van der Waals surface area contributed by atoms with E-state index in [4.69, 9.17) is 4.42 Å². The fourth-order valence-electron chi connectivity index (χ4n) is 4.30. The number of nitrogens with zero attached hydrogens (tertiary/aromatic N) is 5. The lowest BCUT2D eigenvalue weighted by atomic mass is 10.1. The normalized spacial score (nSPS) is 24.2. The van der Waals surface area contributed by atoms with Crippen molar-refractivity contribution in [2.24, 2.45) is 11.8 Å². The van der Waals surface area contributed by atoms with Crippen LogP contribution in [0, 0.1) is 17.7 Å². The van der Waals surface area contributed by atoms with E-state index in [9.17, 15) is 14.0 Å². The van der Waals surface area contributed by atoms with Crippen LogP contribution in [0.25, 0.3) is 0 Å². The molecule has 0 saturated heterocycles. The van der Waals surface area contributed by atoms with Crippen LogP contribution in [-0.2, 0) is 11.2 Å². The highest BCUT2D eigenvalue weighted by atomic mass is 19.1. The monoisotopic (exact) mass is 422 g/mol. The van der Waals surface area contributed by atoms with E-state index in [2.05, 4.69) is 25.5 Å². The maximum atomic E-state index is 13.1. The van der Waals surface area contributed by atoms with E-state index in [1.807, 2.05) is 6.92 Å². The van der Waals surface area contributed by atoms with Crippen LogP contribution in [0.15, 0.2) is 41.1 Å². The minimum Gasteiger partial charge on any atom is -0.417 e. The maximum absolute atomic E-state index is 13.1. The lowest BCUT2D eigenvalue weighted by Crippen LogP contribution is -2.49. The molecule has 10 heteroatoms. The van der Waals surface area contributed by atoms with Crippen LogP contribution < -0.4 is 10.2 Å². The van der Waals surface area contributed by atoms with Crippen molar-refractivity contribution < 1.29 is 18.4 Å². The molecule has 3 heterocycles. The number of anilines is 1. The largest absolute Gasteiger partial charge is 0.417 e. The molecule has 0 spiro atoms. The van der Waals surface area contributed by atoms with E-state index in [0.29, 0.717) is 5.82 Å². The zero-order valence-corrected chi connectivity index (χ0v) is 16.8. The predicted molar refractivity (Wildman–Crippen MR) is 106 cm³/mol. The minimum absolute atomic E-state index is 0.0413. The van der Waals surface area contributed by atoms with Gasteiger partial charge in [0, 0.05) is 31.3 Å². The van der Waals surface area contributed by atoms with Crippen molar-refractivity contribution in [1.29, 1.82) is 0 Å². The number of halogens is 1. The van der Waals surface area contributed by atoms with Crippen LogP contribution in [0.1, 0.15) is 40.7 Å². The molecule has 2 aromatic heterocycles. The molecule has 4 atom stereocenters. The van der Waals surface area contributed by atoms with Crippen molar-refractivity contribution in [3.05, 3.63) is 65.5 Å². The first-order chi connectivity index (χ1) is 14.9. The van der Waals surface area contributed by atoms with E-state index >= 15 is 0 Å². The van der Waals surface area contributed by atoms with Gasteiger partial charge >= 0.3 is 11.8 Å². The van der Waals surface area contributed by atoms with Gasteiger partial charge in [0.15, 0.2) is 5.82 Å². The average Bonchev–Trinajstić information content (AvgIpc) is 3.22. The molecular weight excluding hydrogens is 403 g/mol. The third kappa shape index (κ3) is 3.33. The molecule has 1 aliphatic carbocycles. The first-order valence-corrected chi connectivity index (χ1v) is 9.90. The van der Waals surface area contributed by atoms with Gasteiger partial charge < -0.3 is 9.73 Å². The molecule has 31 heavy (non-hydrogen) atoms. The topological polar surface area (TPSA) is 114 Å². The second-order valence-corrected chi connectivity index (χ2v) is 7.88. The predicted octanol–water partition coefficient (Wildman–Crippen LogP) is 1.71. The molecule has 1 saturated carbocycles. The van der Waals surface area contributed by atoms with Crippen molar-refractivity contribution in [3.63, 3.8) is 0 Å². The number of carbonyl (C=O) groups excluding carboxylic acids is 2. The van der Waals surface area contributed by atoms with Crippen LogP contribution in [0.4, 0.5) is 10.2 Å². The number of amides is 2. The Balaban J connectivity index is 1.33. The van der Waals surface area contributed by atoms with Gasteiger partial charge in [-0.05, 0) is 23.6 Å². The molecular formula is C21H19FN6O3. The van der Waals surface area contributed by atoms with Gasteiger partial charge in [0.05, 0.1) is 12.1 Å². The zero-order chi connectivity index (χ0) is 21.7. The van der Waals surface area contributed by atoms with Crippen LogP contribution in [-0.4, -0.2) is 45.1 Å². The fourth-order valence-corrected chi connectivity index (χ4v) is 4.30. The van der Waals surface area contributed by atoms with Crippen molar-refractivity contribution >= 4 is 17.6 Å². The third-order valence-electron chi connectivity index (χ3n) is 5.98. The van der Waals surface area contributed by atoms with Crippen molar-refractivity contribution in [1.82, 2.24) is 25.5 Å². The van der Waals surface area contributed by atoms with Gasteiger partial charge in [-0.25, -0.2) is 9.37 Å². The summed E-state index contributed by atoms with van der Waals surface area (Å²) in [5, 5.41) is 10.5. The Morgan fingerprint density at radius 2 is 1.94 bits per heavy atom. The Kier molecular flexibility index (Phi) is 4.49. The van der Waals surface area contributed by atoms with Gasteiger partial charge in [0.2, 0.25) is 5.89 Å². The Hall–Kier alpha value is -3.69. The van der Waals surface area contributed by atoms with E-state index in [1.165, 1.54) is 17.0 Å². The molecule has 2 unspecified atom stereocenters. The number of likely N-dealkylation sites (N-methyl/N-ethyl adjacent to an activating group) is 1. The second-order valence-electron chi connectivity index (χ2n) is 7.88. The SMILES string of the molecule is C[C@H]1C2c3nccnc3N(C)C(=O)[C@@H](NC(=O)c3nnc(Cc4ccc(F)cc4)o3)C21. The van der Waals surface area contributed by atoms with Gasteiger partial charge in [0.1, 0.15) is 11.9 Å². The summed E-state index contributed by atoms with van der Waals surface area (Å²) < 4.78 is 18.5. The number of hydrogen-bond donors (Lipinski definition) is 1. The molecule has 1 fully saturated rings. The molecule has 0 bridgehead atoms. The summed E-state index contributed by atoms with van der Waals surface area (Å²) in [6.45, 7) is 2.03. The summed E-state index contributed by atoms with van der Waals surface area (Å²) in [6, 6.07) is 5.13. The number of hydrogen-bond acceptors (Lipinski definition) is 7. The Bertz CT molecular complexity index is 1160. The molecule has 1 N–H and O–H groups in total. The van der Waals surface area contributed by atoms with Crippen LogP contribution in [0.5, 0.6) is 0 Å². The van der Waals surface area contributed by atoms with Crippen LogP contribution in [0.3, 0.4) is 0 Å². The van der Waals surface area contributed by atoms with E-state index < -0.39 is 11.9 Å². The van der Waals surface area contributed by atoms with Gasteiger partial charge in [-0.1, -0.05) is 19.1 Å². The van der Waals surface area contributed by atoms with Crippen LogP contribution >= 0.6 is 0 Å². The minimum atomic E-state index is -0.749. The first kappa shape index (κ1) is 19.3. The maximum Gasteiger partial charge on any atom is 0.309 e. The van der Waals surface area contributed by atoms with Gasteiger partial charge in [-0.15, -0.1) is 10.2 Å². The summed E-state index contributed by atoms with van der Waals surface area (Å²) in [5.74, 6) is -0.578. The quantitative estimate of drug-likeness (QED) is 0.681.